The van der Waals surface area contributed by atoms with Gasteiger partial charge < -0.3 is 14.8 Å². The van der Waals surface area contributed by atoms with Crippen LogP contribution in [0.2, 0.25) is 0 Å². The highest BCUT2D eigenvalue weighted by atomic mass is 32.1. The Hall–Kier alpha value is -3.30. The van der Waals surface area contributed by atoms with E-state index in [-0.39, 0.29) is 24.2 Å². The number of hydrogen-bond donors (Lipinski definition) is 1. The monoisotopic (exact) mass is 421 g/mol. The Morgan fingerprint density at radius 1 is 1.20 bits per heavy atom. The first-order valence-electron chi connectivity index (χ1n) is 9.61. The van der Waals surface area contributed by atoms with Crippen molar-refractivity contribution in [1.82, 2.24) is 0 Å². The van der Waals surface area contributed by atoms with Gasteiger partial charge in [-0.1, -0.05) is 24.1 Å². The molecule has 6 heteroatoms. The molecule has 2 heterocycles. The highest BCUT2D eigenvalue weighted by Gasteiger charge is 2.31. The Morgan fingerprint density at radius 2 is 2.00 bits per heavy atom. The number of amides is 1. The van der Waals surface area contributed by atoms with Gasteiger partial charge in [-0.2, -0.15) is 0 Å². The number of carbonyl (C=O) groups excluding carboxylic acids is 1. The van der Waals surface area contributed by atoms with Crippen molar-refractivity contribution in [1.29, 1.82) is 0 Å². The highest BCUT2D eigenvalue weighted by Crippen LogP contribution is 2.47. The van der Waals surface area contributed by atoms with E-state index < -0.39 is 0 Å². The number of rotatable bonds is 6. The Morgan fingerprint density at radius 3 is 2.73 bits per heavy atom. The molecule has 1 atom stereocenters. The van der Waals surface area contributed by atoms with Crippen LogP contribution >= 0.6 is 11.3 Å². The van der Waals surface area contributed by atoms with Crippen molar-refractivity contribution in [2.75, 3.05) is 18.5 Å². The highest BCUT2D eigenvalue weighted by molar-refractivity contribution is 7.11. The van der Waals surface area contributed by atoms with Crippen LogP contribution in [-0.4, -0.2) is 19.1 Å². The first-order chi connectivity index (χ1) is 14.6. The predicted molar refractivity (Wildman–Crippen MR) is 117 cm³/mol. The minimum Gasteiger partial charge on any atom is -0.490 e. The molecule has 1 N–H and O–H groups in total. The zero-order valence-electron chi connectivity index (χ0n) is 16.4. The van der Waals surface area contributed by atoms with E-state index >= 15 is 0 Å². The standard InChI is InChI=1S/C24H20FNO3S/c1-3-11-29-20-10-7-16(12-21(20)28-4-2)18-13-22(27)26-23-19(14-30-24(18)23)15-5-8-17(25)9-6-15/h1,5-10,12,14,18H,4,11,13H2,2H3,(H,26,27)/t18-/m1/s1. The van der Waals surface area contributed by atoms with E-state index in [0.29, 0.717) is 24.5 Å². The molecule has 152 valence electrons. The number of anilines is 1. The summed E-state index contributed by atoms with van der Waals surface area (Å²) < 4.78 is 24.6. The van der Waals surface area contributed by atoms with Crippen molar-refractivity contribution in [3.63, 3.8) is 0 Å². The van der Waals surface area contributed by atoms with Gasteiger partial charge in [0.25, 0.3) is 0 Å². The number of nitrogens with one attached hydrogen (secondary N) is 1. The van der Waals surface area contributed by atoms with Crippen molar-refractivity contribution in [2.24, 2.45) is 0 Å². The molecule has 0 saturated heterocycles. The molecule has 2 aromatic carbocycles. The Labute approximate surface area is 178 Å². The molecule has 0 fully saturated rings. The molecule has 0 radical (unpaired) electrons. The van der Waals surface area contributed by atoms with Gasteiger partial charge in [0.15, 0.2) is 11.5 Å². The SMILES string of the molecule is C#CCOc1ccc([C@H]2CC(=O)Nc3c(-c4ccc(F)cc4)csc32)cc1OCC. The number of halogens is 1. The van der Waals surface area contributed by atoms with E-state index in [1.165, 1.54) is 12.1 Å². The van der Waals surface area contributed by atoms with Crippen molar-refractivity contribution < 1.29 is 18.7 Å². The molecule has 1 amide bonds. The van der Waals surface area contributed by atoms with E-state index in [4.69, 9.17) is 15.9 Å². The van der Waals surface area contributed by atoms with Crippen LogP contribution in [0.1, 0.15) is 29.7 Å². The van der Waals surface area contributed by atoms with Crippen LogP contribution in [-0.2, 0) is 4.79 Å². The van der Waals surface area contributed by atoms with Gasteiger partial charge in [-0.15, -0.1) is 17.8 Å². The van der Waals surface area contributed by atoms with Gasteiger partial charge in [-0.3, -0.25) is 4.79 Å². The number of ether oxygens (including phenoxy) is 2. The lowest BCUT2D eigenvalue weighted by Gasteiger charge is -2.24. The smallest absolute Gasteiger partial charge is 0.225 e. The summed E-state index contributed by atoms with van der Waals surface area (Å²) in [4.78, 5) is 13.6. The van der Waals surface area contributed by atoms with Gasteiger partial charge in [-0.05, 0) is 42.3 Å². The maximum Gasteiger partial charge on any atom is 0.225 e. The average molecular weight is 421 g/mol. The van der Waals surface area contributed by atoms with Gasteiger partial charge in [-0.25, -0.2) is 4.39 Å². The van der Waals surface area contributed by atoms with E-state index in [9.17, 15) is 9.18 Å². The summed E-state index contributed by atoms with van der Waals surface area (Å²) in [7, 11) is 0. The molecule has 1 aliphatic rings. The van der Waals surface area contributed by atoms with Crippen LogP contribution in [0, 0.1) is 18.2 Å². The van der Waals surface area contributed by atoms with Crippen LogP contribution in [0.5, 0.6) is 11.5 Å². The number of thiophene rings is 1. The van der Waals surface area contributed by atoms with Gasteiger partial charge in [0, 0.05) is 28.2 Å². The topological polar surface area (TPSA) is 47.6 Å². The van der Waals surface area contributed by atoms with Gasteiger partial charge in [0.1, 0.15) is 12.4 Å². The summed E-state index contributed by atoms with van der Waals surface area (Å²) >= 11 is 1.59. The second-order valence-corrected chi connectivity index (χ2v) is 7.74. The molecular formula is C24H20FNO3S. The summed E-state index contributed by atoms with van der Waals surface area (Å²) in [5.41, 5.74) is 3.52. The fourth-order valence-corrected chi connectivity index (χ4v) is 4.75. The normalized spacial score (nSPS) is 15.1. The molecule has 0 spiro atoms. The molecule has 1 aliphatic heterocycles. The summed E-state index contributed by atoms with van der Waals surface area (Å²) in [6.07, 6.45) is 5.63. The van der Waals surface area contributed by atoms with Crippen LogP contribution in [0.3, 0.4) is 0 Å². The zero-order valence-corrected chi connectivity index (χ0v) is 17.2. The molecule has 30 heavy (non-hydrogen) atoms. The minimum atomic E-state index is -0.291. The van der Waals surface area contributed by atoms with E-state index in [1.807, 2.05) is 30.5 Å². The molecule has 0 unspecified atom stereocenters. The Balaban J connectivity index is 1.73. The molecule has 4 nitrogen and oxygen atoms in total. The van der Waals surface area contributed by atoms with Gasteiger partial charge in [0.05, 0.1) is 12.3 Å². The van der Waals surface area contributed by atoms with Crippen LogP contribution < -0.4 is 14.8 Å². The third kappa shape index (κ3) is 3.89. The fraction of sp³-hybridized carbons (Fsp3) is 0.208. The average Bonchev–Trinajstić information content (AvgIpc) is 3.16. The number of carbonyl (C=O) groups is 1. The van der Waals surface area contributed by atoms with Crippen molar-refractivity contribution >= 4 is 22.9 Å². The van der Waals surface area contributed by atoms with Crippen LogP contribution in [0.25, 0.3) is 11.1 Å². The lowest BCUT2D eigenvalue weighted by atomic mass is 9.89. The molecule has 0 saturated carbocycles. The van der Waals surface area contributed by atoms with Crippen LogP contribution in [0.15, 0.2) is 47.8 Å². The summed E-state index contributed by atoms with van der Waals surface area (Å²) in [6.45, 7) is 2.54. The number of terminal acetylenes is 1. The first-order valence-corrected chi connectivity index (χ1v) is 10.5. The first kappa shape index (κ1) is 20.0. The zero-order chi connectivity index (χ0) is 21.1. The molecular weight excluding hydrogens is 401 g/mol. The summed E-state index contributed by atoms with van der Waals surface area (Å²) in [5, 5.41) is 5.00. The maximum absolute atomic E-state index is 13.3. The lowest BCUT2D eigenvalue weighted by Crippen LogP contribution is -2.22. The fourth-order valence-electron chi connectivity index (χ4n) is 3.59. The summed E-state index contributed by atoms with van der Waals surface area (Å²) in [6, 6.07) is 12.0. The molecule has 4 rings (SSSR count). The molecule has 3 aromatic rings. The van der Waals surface area contributed by atoms with E-state index in [2.05, 4.69) is 11.2 Å². The third-order valence-corrected chi connectivity index (χ3v) is 6.02. The van der Waals surface area contributed by atoms with Crippen LogP contribution in [0.4, 0.5) is 10.1 Å². The second-order valence-electron chi connectivity index (χ2n) is 6.83. The number of benzene rings is 2. The van der Waals surface area contributed by atoms with Crippen molar-refractivity contribution in [3.8, 4) is 35.0 Å². The molecule has 0 aliphatic carbocycles. The quantitative estimate of drug-likeness (QED) is 0.539. The van der Waals surface area contributed by atoms with Crippen molar-refractivity contribution in [3.05, 3.63) is 64.1 Å². The molecule has 1 aromatic heterocycles. The number of fused-ring (bicyclic) bond motifs is 1. The van der Waals surface area contributed by atoms with E-state index in [0.717, 1.165) is 27.3 Å². The predicted octanol–water partition coefficient (Wildman–Crippen LogP) is 5.44. The Kier molecular flexibility index (Phi) is 5.73. The van der Waals surface area contributed by atoms with Gasteiger partial charge >= 0.3 is 0 Å². The Bertz CT molecular complexity index is 1110. The van der Waals surface area contributed by atoms with Gasteiger partial charge in [0.2, 0.25) is 5.91 Å². The van der Waals surface area contributed by atoms with E-state index in [1.54, 1.807) is 23.5 Å². The lowest BCUT2D eigenvalue weighted by molar-refractivity contribution is -0.116. The summed E-state index contributed by atoms with van der Waals surface area (Å²) in [5.74, 6) is 3.19. The maximum atomic E-state index is 13.3. The second kappa shape index (κ2) is 8.60. The minimum absolute atomic E-state index is 0.0557. The largest absolute Gasteiger partial charge is 0.490 e. The third-order valence-electron chi connectivity index (χ3n) is 4.93. The van der Waals surface area contributed by atoms with Crippen molar-refractivity contribution in [2.45, 2.75) is 19.3 Å². The number of hydrogen-bond acceptors (Lipinski definition) is 4. The molecule has 0 bridgehead atoms.